The summed E-state index contributed by atoms with van der Waals surface area (Å²) in [7, 11) is 0. The number of nitrogen functional groups attached to an aromatic ring is 1. The fourth-order valence-electron chi connectivity index (χ4n) is 1.73. The molecule has 2 aromatic carbocycles. The van der Waals surface area contributed by atoms with Gasteiger partial charge in [0.05, 0.1) is 0 Å². The number of aromatic nitrogens is 2. The molecule has 0 saturated carbocycles. The van der Waals surface area contributed by atoms with Crippen molar-refractivity contribution >= 4 is 21.6 Å². The van der Waals surface area contributed by atoms with Gasteiger partial charge in [-0.25, -0.2) is 0 Å². The molecular weight excluding hydrogens is 334 g/mol. The quantitative estimate of drug-likeness (QED) is 0.730. The Kier molecular flexibility index (Phi) is 3.87. The van der Waals surface area contributed by atoms with Crippen molar-refractivity contribution in [2.24, 2.45) is 0 Å². The summed E-state index contributed by atoms with van der Waals surface area (Å²) in [6, 6.07) is 14.8. The van der Waals surface area contributed by atoms with Crippen LogP contribution in [0.5, 0.6) is 5.75 Å². The van der Waals surface area contributed by atoms with Crippen LogP contribution in [0.4, 0.5) is 5.69 Å². The van der Waals surface area contributed by atoms with Gasteiger partial charge in [-0.2, -0.15) is 0 Å². The first-order valence-corrected chi connectivity index (χ1v) is 7.07. The molecule has 0 spiro atoms. The van der Waals surface area contributed by atoms with Gasteiger partial charge in [-0.1, -0.05) is 15.9 Å². The summed E-state index contributed by atoms with van der Waals surface area (Å²) in [5.41, 5.74) is 7.17. The highest BCUT2D eigenvalue weighted by Crippen LogP contribution is 2.21. The van der Waals surface area contributed by atoms with E-state index in [0.717, 1.165) is 10.0 Å². The van der Waals surface area contributed by atoms with E-state index in [1.165, 1.54) is 0 Å². The van der Waals surface area contributed by atoms with Crippen LogP contribution in [-0.4, -0.2) is 10.2 Å². The summed E-state index contributed by atoms with van der Waals surface area (Å²) >= 11 is 3.38. The third-order valence-electron chi connectivity index (χ3n) is 2.80. The molecule has 21 heavy (non-hydrogen) atoms. The van der Waals surface area contributed by atoms with E-state index in [1.807, 2.05) is 24.3 Å². The van der Waals surface area contributed by atoms with Crippen LogP contribution in [0, 0.1) is 0 Å². The van der Waals surface area contributed by atoms with E-state index in [1.54, 1.807) is 24.3 Å². The van der Waals surface area contributed by atoms with E-state index in [-0.39, 0.29) is 6.61 Å². The second kappa shape index (κ2) is 5.97. The number of nitrogens with two attached hydrogens (primary N) is 1. The van der Waals surface area contributed by atoms with Crippen molar-refractivity contribution in [3.8, 4) is 17.2 Å². The molecule has 0 aliphatic heterocycles. The summed E-state index contributed by atoms with van der Waals surface area (Å²) in [6.07, 6.45) is 0. The average molecular weight is 346 g/mol. The monoisotopic (exact) mass is 345 g/mol. The zero-order chi connectivity index (χ0) is 14.7. The molecule has 3 rings (SSSR count). The van der Waals surface area contributed by atoms with Crippen LogP contribution in [0.1, 0.15) is 5.89 Å². The Morgan fingerprint density at radius 1 is 1.00 bits per heavy atom. The predicted molar refractivity (Wildman–Crippen MR) is 82.6 cm³/mol. The lowest BCUT2D eigenvalue weighted by molar-refractivity contribution is 0.264. The van der Waals surface area contributed by atoms with Gasteiger partial charge in [-0.05, 0) is 48.5 Å². The van der Waals surface area contributed by atoms with E-state index >= 15 is 0 Å². The predicted octanol–water partition coefficient (Wildman–Crippen LogP) is 3.66. The van der Waals surface area contributed by atoms with Crippen molar-refractivity contribution < 1.29 is 9.15 Å². The van der Waals surface area contributed by atoms with Gasteiger partial charge in [0, 0.05) is 15.7 Å². The number of nitrogens with zero attached hydrogens (tertiary/aromatic N) is 2. The van der Waals surface area contributed by atoms with Crippen LogP contribution >= 0.6 is 15.9 Å². The summed E-state index contributed by atoms with van der Waals surface area (Å²) in [4.78, 5) is 0. The number of ether oxygens (including phenoxy) is 1. The Morgan fingerprint density at radius 3 is 2.43 bits per heavy atom. The Labute approximate surface area is 129 Å². The highest BCUT2D eigenvalue weighted by molar-refractivity contribution is 9.10. The molecule has 0 unspecified atom stereocenters. The number of hydrogen-bond acceptors (Lipinski definition) is 5. The van der Waals surface area contributed by atoms with E-state index in [4.69, 9.17) is 14.9 Å². The van der Waals surface area contributed by atoms with Crippen molar-refractivity contribution in [3.63, 3.8) is 0 Å². The Bertz CT molecular complexity index is 723. The van der Waals surface area contributed by atoms with E-state index in [2.05, 4.69) is 26.1 Å². The van der Waals surface area contributed by atoms with Crippen molar-refractivity contribution in [2.75, 3.05) is 5.73 Å². The lowest BCUT2D eigenvalue weighted by Crippen LogP contribution is -1.95. The first kappa shape index (κ1) is 13.6. The second-order valence-corrected chi connectivity index (χ2v) is 5.28. The molecule has 2 N–H and O–H groups in total. The summed E-state index contributed by atoms with van der Waals surface area (Å²) in [5, 5.41) is 7.98. The molecule has 1 heterocycles. The van der Waals surface area contributed by atoms with Gasteiger partial charge in [0.25, 0.3) is 5.89 Å². The van der Waals surface area contributed by atoms with Gasteiger partial charge in [-0.15, -0.1) is 10.2 Å². The molecule has 0 fully saturated rings. The molecule has 1 aromatic heterocycles. The normalized spacial score (nSPS) is 10.5. The molecule has 0 radical (unpaired) electrons. The Hall–Kier alpha value is -2.34. The van der Waals surface area contributed by atoms with Crippen molar-refractivity contribution in [2.45, 2.75) is 6.61 Å². The maximum absolute atomic E-state index is 5.61. The standard InChI is InChI=1S/C15H12BrN3O2/c16-11-3-1-10(2-4-11)15-19-18-14(21-15)9-20-13-7-5-12(17)6-8-13/h1-8H,9,17H2. The largest absolute Gasteiger partial charge is 0.484 e. The summed E-state index contributed by atoms with van der Waals surface area (Å²) < 4.78 is 12.1. The van der Waals surface area contributed by atoms with E-state index in [0.29, 0.717) is 23.2 Å². The van der Waals surface area contributed by atoms with Gasteiger partial charge in [0.15, 0.2) is 6.61 Å². The molecule has 0 atom stereocenters. The molecule has 0 aliphatic rings. The van der Waals surface area contributed by atoms with Crippen molar-refractivity contribution in [1.82, 2.24) is 10.2 Å². The van der Waals surface area contributed by atoms with Crippen LogP contribution in [-0.2, 0) is 6.61 Å². The van der Waals surface area contributed by atoms with Gasteiger partial charge in [-0.3, -0.25) is 0 Å². The highest BCUT2D eigenvalue weighted by Gasteiger charge is 2.09. The Morgan fingerprint density at radius 2 is 1.71 bits per heavy atom. The zero-order valence-corrected chi connectivity index (χ0v) is 12.6. The van der Waals surface area contributed by atoms with Gasteiger partial charge < -0.3 is 14.9 Å². The minimum Gasteiger partial charge on any atom is -0.484 e. The van der Waals surface area contributed by atoms with Gasteiger partial charge in [0.2, 0.25) is 5.89 Å². The van der Waals surface area contributed by atoms with E-state index in [9.17, 15) is 0 Å². The second-order valence-electron chi connectivity index (χ2n) is 4.37. The Balaban J connectivity index is 1.67. The maximum Gasteiger partial charge on any atom is 0.254 e. The number of anilines is 1. The maximum atomic E-state index is 5.61. The smallest absolute Gasteiger partial charge is 0.254 e. The fourth-order valence-corrected chi connectivity index (χ4v) is 1.99. The SMILES string of the molecule is Nc1ccc(OCc2nnc(-c3ccc(Br)cc3)o2)cc1. The molecule has 6 heteroatoms. The molecule has 0 aliphatic carbocycles. The topological polar surface area (TPSA) is 74.2 Å². The zero-order valence-electron chi connectivity index (χ0n) is 11.0. The van der Waals surface area contributed by atoms with Crippen LogP contribution < -0.4 is 10.5 Å². The molecule has 3 aromatic rings. The summed E-state index contributed by atoms with van der Waals surface area (Å²) in [6.45, 7) is 0.216. The van der Waals surface area contributed by atoms with Gasteiger partial charge in [0.1, 0.15) is 5.75 Å². The molecule has 0 amide bonds. The fraction of sp³-hybridized carbons (Fsp3) is 0.0667. The van der Waals surface area contributed by atoms with Crippen molar-refractivity contribution in [1.29, 1.82) is 0 Å². The van der Waals surface area contributed by atoms with E-state index < -0.39 is 0 Å². The molecule has 0 bridgehead atoms. The third kappa shape index (κ3) is 3.41. The van der Waals surface area contributed by atoms with Crippen LogP contribution in [0.15, 0.2) is 57.4 Å². The highest BCUT2D eigenvalue weighted by atomic mass is 79.9. The van der Waals surface area contributed by atoms with Gasteiger partial charge >= 0.3 is 0 Å². The first-order valence-electron chi connectivity index (χ1n) is 6.27. The first-order chi connectivity index (χ1) is 10.2. The number of hydrogen-bond donors (Lipinski definition) is 1. The number of benzene rings is 2. The number of rotatable bonds is 4. The minimum atomic E-state index is 0.216. The molecule has 106 valence electrons. The molecular formula is C15H12BrN3O2. The molecule has 0 saturated heterocycles. The molecule has 5 nitrogen and oxygen atoms in total. The van der Waals surface area contributed by atoms with Crippen LogP contribution in [0.2, 0.25) is 0 Å². The lowest BCUT2D eigenvalue weighted by Gasteiger charge is -2.02. The number of halogens is 1. The van der Waals surface area contributed by atoms with Crippen LogP contribution in [0.25, 0.3) is 11.5 Å². The van der Waals surface area contributed by atoms with Crippen molar-refractivity contribution in [3.05, 3.63) is 58.9 Å². The average Bonchev–Trinajstić information content (AvgIpc) is 2.96. The van der Waals surface area contributed by atoms with Crippen LogP contribution in [0.3, 0.4) is 0 Å². The third-order valence-corrected chi connectivity index (χ3v) is 3.33. The lowest BCUT2D eigenvalue weighted by atomic mass is 10.2. The minimum absolute atomic E-state index is 0.216. The summed E-state index contributed by atoms with van der Waals surface area (Å²) in [5.74, 6) is 1.59.